The van der Waals surface area contributed by atoms with Gasteiger partial charge in [-0.3, -0.25) is 4.98 Å². The van der Waals surface area contributed by atoms with E-state index in [0.717, 1.165) is 29.9 Å². The van der Waals surface area contributed by atoms with Crippen molar-refractivity contribution in [1.82, 2.24) is 10.3 Å². The van der Waals surface area contributed by atoms with E-state index in [1.54, 1.807) is 6.20 Å². The predicted molar refractivity (Wildman–Crippen MR) is 74.8 cm³/mol. The van der Waals surface area contributed by atoms with Crippen molar-refractivity contribution in [2.75, 3.05) is 6.54 Å². The fraction of sp³-hybridized carbons (Fsp3) is 0.667. The number of hydrogen-bond acceptors (Lipinski definition) is 2. The number of nitrogens with zero attached hydrogens (tertiary/aromatic N) is 1. The van der Waals surface area contributed by atoms with Gasteiger partial charge in [-0.1, -0.05) is 18.5 Å². The monoisotopic (exact) mass is 264 g/mol. The van der Waals surface area contributed by atoms with Gasteiger partial charge in [-0.15, -0.1) is 0 Å². The summed E-state index contributed by atoms with van der Waals surface area (Å²) in [6.07, 6.45) is 10.2. The van der Waals surface area contributed by atoms with Gasteiger partial charge in [0.1, 0.15) is 0 Å². The van der Waals surface area contributed by atoms with Crippen molar-refractivity contribution in [1.29, 1.82) is 0 Å². The molecule has 1 unspecified atom stereocenters. The van der Waals surface area contributed by atoms with Crippen LogP contribution in [0.3, 0.4) is 0 Å². The summed E-state index contributed by atoms with van der Waals surface area (Å²) in [5.41, 5.74) is 1.60. The first-order valence-electron chi connectivity index (χ1n) is 6.99. The van der Waals surface area contributed by atoms with Crippen LogP contribution in [-0.4, -0.2) is 17.6 Å². The van der Waals surface area contributed by atoms with Crippen LogP contribution in [0.4, 0.5) is 0 Å². The van der Waals surface area contributed by atoms with Crippen molar-refractivity contribution in [3.63, 3.8) is 0 Å². The van der Waals surface area contributed by atoms with Crippen molar-refractivity contribution < 1.29 is 0 Å². The van der Waals surface area contributed by atoms with Crippen LogP contribution in [0.5, 0.6) is 0 Å². The first-order chi connectivity index (χ1) is 8.67. The van der Waals surface area contributed by atoms with Gasteiger partial charge < -0.3 is 5.32 Å². The van der Waals surface area contributed by atoms with Crippen LogP contribution in [0, 0.1) is 11.3 Å². The lowest BCUT2D eigenvalue weighted by Gasteiger charge is -2.31. The average molecular weight is 265 g/mol. The van der Waals surface area contributed by atoms with Gasteiger partial charge in [0.15, 0.2) is 0 Å². The molecule has 98 valence electrons. The Morgan fingerprint density at radius 2 is 2.17 bits per heavy atom. The van der Waals surface area contributed by atoms with Crippen LogP contribution in [0.2, 0.25) is 5.02 Å². The predicted octanol–water partition coefficient (Wildman–Crippen LogP) is 3.45. The molecule has 1 aromatic heterocycles. The fourth-order valence-electron chi connectivity index (χ4n) is 2.78. The van der Waals surface area contributed by atoms with Gasteiger partial charge in [-0.25, -0.2) is 0 Å². The lowest BCUT2D eigenvalue weighted by Crippen LogP contribution is -2.36. The Morgan fingerprint density at radius 3 is 2.78 bits per heavy atom. The van der Waals surface area contributed by atoms with Gasteiger partial charge in [0, 0.05) is 25.0 Å². The second kappa shape index (κ2) is 4.82. The second-order valence-electron chi connectivity index (χ2n) is 6.23. The molecule has 3 rings (SSSR count). The van der Waals surface area contributed by atoms with Crippen molar-refractivity contribution in [2.45, 2.75) is 45.1 Å². The van der Waals surface area contributed by atoms with E-state index in [4.69, 9.17) is 11.6 Å². The summed E-state index contributed by atoms with van der Waals surface area (Å²) < 4.78 is 0. The van der Waals surface area contributed by atoms with Crippen LogP contribution in [0.15, 0.2) is 18.5 Å². The summed E-state index contributed by atoms with van der Waals surface area (Å²) in [6.45, 7) is 3.54. The van der Waals surface area contributed by atoms with Gasteiger partial charge in [-0.2, -0.15) is 0 Å². The first-order valence-corrected chi connectivity index (χ1v) is 7.37. The van der Waals surface area contributed by atoms with Crippen LogP contribution in [0.25, 0.3) is 0 Å². The van der Waals surface area contributed by atoms with E-state index in [1.807, 2.05) is 6.20 Å². The molecule has 0 aromatic carbocycles. The molecular formula is C15H21ClN2. The molecular weight excluding hydrogens is 244 g/mol. The minimum atomic E-state index is 0.355. The molecule has 3 heteroatoms. The molecule has 0 radical (unpaired) electrons. The Bertz CT molecular complexity index is 426. The Labute approximate surface area is 114 Å². The molecule has 0 spiro atoms. The maximum absolute atomic E-state index is 6.25. The molecule has 2 fully saturated rings. The van der Waals surface area contributed by atoms with E-state index < -0.39 is 0 Å². The zero-order valence-corrected chi connectivity index (χ0v) is 11.7. The fourth-order valence-corrected chi connectivity index (χ4v) is 2.96. The molecule has 1 N–H and O–H groups in total. The molecule has 2 aliphatic carbocycles. The highest BCUT2D eigenvalue weighted by Crippen LogP contribution is 2.47. The normalized spacial score (nSPS) is 22.8. The molecule has 2 nitrogen and oxygen atoms in total. The maximum Gasteiger partial charge on any atom is 0.0621 e. The largest absolute Gasteiger partial charge is 0.313 e. The molecule has 18 heavy (non-hydrogen) atoms. The average Bonchev–Trinajstić information content (AvgIpc) is 3.22. The molecule has 1 heterocycles. The summed E-state index contributed by atoms with van der Waals surface area (Å²) in [5, 5.41) is 4.52. The lowest BCUT2D eigenvalue weighted by molar-refractivity contribution is 0.255. The SMILES string of the molecule is CC(CNC1CC1)(Cc1ccncc1Cl)C1CC1. The van der Waals surface area contributed by atoms with E-state index >= 15 is 0 Å². The molecule has 2 saturated carbocycles. The number of nitrogens with one attached hydrogen (secondary N) is 1. The topological polar surface area (TPSA) is 24.9 Å². The van der Waals surface area contributed by atoms with Crippen molar-refractivity contribution >= 4 is 11.6 Å². The molecule has 1 aromatic rings. The Balaban J connectivity index is 1.70. The number of rotatable bonds is 6. The molecule has 0 amide bonds. The highest BCUT2D eigenvalue weighted by molar-refractivity contribution is 6.31. The molecule has 0 saturated heterocycles. The Kier molecular flexibility index (Phi) is 3.33. The van der Waals surface area contributed by atoms with E-state index in [2.05, 4.69) is 23.3 Å². The summed E-state index contributed by atoms with van der Waals surface area (Å²) in [4.78, 5) is 4.07. The summed E-state index contributed by atoms with van der Waals surface area (Å²) in [5.74, 6) is 0.869. The third kappa shape index (κ3) is 2.86. The number of hydrogen-bond donors (Lipinski definition) is 1. The summed E-state index contributed by atoms with van der Waals surface area (Å²) >= 11 is 6.25. The highest BCUT2D eigenvalue weighted by atomic mass is 35.5. The van der Waals surface area contributed by atoms with Gasteiger partial charge in [0.25, 0.3) is 0 Å². The lowest BCUT2D eigenvalue weighted by atomic mass is 9.79. The zero-order chi connectivity index (χ0) is 12.6. The third-order valence-corrected chi connectivity index (χ3v) is 4.73. The maximum atomic E-state index is 6.25. The smallest absolute Gasteiger partial charge is 0.0621 e. The zero-order valence-electron chi connectivity index (χ0n) is 11.0. The van der Waals surface area contributed by atoms with Crippen molar-refractivity contribution in [2.24, 2.45) is 11.3 Å². The van der Waals surface area contributed by atoms with Crippen LogP contribution >= 0.6 is 11.6 Å². The van der Waals surface area contributed by atoms with Gasteiger partial charge in [0.05, 0.1) is 5.02 Å². The van der Waals surface area contributed by atoms with Gasteiger partial charge in [0.2, 0.25) is 0 Å². The van der Waals surface area contributed by atoms with Gasteiger partial charge >= 0.3 is 0 Å². The van der Waals surface area contributed by atoms with E-state index in [-0.39, 0.29) is 0 Å². The summed E-state index contributed by atoms with van der Waals surface area (Å²) in [6, 6.07) is 2.86. The standard InChI is InChI=1S/C15H21ClN2/c1-15(12-2-3-12,10-18-13-4-5-13)8-11-6-7-17-9-14(11)16/h6-7,9,12-13,18H,2-5,8,10H2,1H3. The Hall–Kier alpha value is -0.600. The quantitative estimate of drug-likeness (QED) is 0.851. The van der Waals surface area contributed by atoms with E-state index in [1.165, 1.54) is 31.2 Å². The van der Waals surface area contributed by atoms with Crippen LogP contribution in [-0.2, 0) is 6.42 Å². The molecule has 0 bridgehead atoms. The molecule has 1 atom stereocenters. The van der Waals surface area contributed by atoms with Crippen LogP contribution < -0.4 is 5.32 Å². The molecule has 0 aliphatic heterocycles. The van der Waals surface area contributed by atoms with Crippen molar-refractivity contribution in [3.05, 3.63) is 29.0 Å². The van der Waals surface area contributed by atoms with Crippen molar-refractivity contribution in [3.8, 4) is 0 Å². The first kappa shape index (κ1) is 12.4. The van der Waals surface area contributed by atoms with Gasteiger partial charge in [-0.05, 0) is 55.1 Å². The Morgan fingerprint density at radius 1 is 1.39 bits per heavy atom. The summed E-state index contributed by atoms with van der Waals surface area (Å²) in [7, 11) is 0. The third-order valence-electron chi connectivity index (χ3n) is 4.39. The highest BCUT2D eigenvalue weighted by Gasteiger charge is 2.42. The minimum absolute atomic E-state index is 0.355. The molecule has 2 aliphatic rings. The van der Waals surface area contributed by atoms with E-state index in [0.29, 0.717) is 5.41 Å². The number of pyridine rings is 1. The second-order valence-corrected chi connectivity index (χ2v) is 6.63. The minimum Gasteiger partial charge on any atom is -0.313 e. The number of aromatic nitrogens is 1. The van der Waals surface area contributed by atoms with E-state index in [9.17, 15) is 0 Å². The number of halogens is 1. The van der Waals surface area contributed by atoms with Crippen LogP contribution in [0.1, 0.15) is 38.2 Å².